The van der Waals surface area contributed by atoms with Crippen LogP contribution in [0, 0.1) is 13.8 Å². The largest absolute Gasteiger partial charge is 0.326 e. The molecule has 2 heteroatoms. The molecule has 1 N–H and O–H groups in total. The molecule has 0 heterocycles. The van der Waals surface area contributed by atoms with E-state index in [1.165, 1.54) is 16.7 Å². The number of carbonyl (C=O) groups excluding carboxylic acids is 1. The fourth-order valence-electron chi connectivity index (χ4n) is 2.53. The van der Waals surface area contributed by atoms with Crippen LogP contribution in [0.4, 0.5) is 5.69 Å². The van der Waals surface area contributed by atoms with Crippen molar-refractivity contribution < 1.29 is 4.79 Å². The molecule has 0 fully saturated rings. The third-order valence-electron chi connectivity index (χ3n) is 4.34. The van der Waals surface area contributed by atoms with Gasteiger partial charge in [-0.25, -0.2) is 0 Å². The molecule has 2 aromatic carbocycles. The van der Waals surface area contributed by atoms with Crippen molar-refractivity contribution in [2.24, 2.45) is 0 Å². The minimum atomic E-state index is 0.0681. The number of nitrogens with one attached hydrogen (secondary N) is 1. The van der Waals surface area contributed by atoms with Crippen molar-refractivity contribution in [2.75, 3.05) is 5.32 Å². The number of carbonyl (C=O) groups is 1. The summed E-state index contributed by atoms with van der Waals surface area (Å²) in [5.41, 5.74) is 5.93. The predicted octanol–water partition coefficient (Wildman–Crippen LogP) is 5.17. The zero-order valence-corrected chi connectivity index (χ0v) is 14.9. The molecule has 0 radical (unpaired) electrons. The summed E-state index contributed by atoms with van der Waals surface area (Å²) in [7, 11) is 0. The quantitative estimate of drug-likeness (QED) is 0.829. The Morgan fingerprint density at radius 3 is 2.26 bits per heavy atom. The molecule has 0 aliphatic carbocycles. The summed E-state index contributed by atoms with van der Waals surface area (Å²) in [6, 6.07) is 14.6. The van der Waals surface area contributed by atoms with Crippen LogP contribution in [0.25, 0.3) is 0 Å². The molecule has 1 amide bonds. The van der Waals surface area contributed by atoms with Gasteiger partial charge in [-0.15, -0.1) is 0 Å². The van der Waals surface area contributed by atoms with Gasteiger partial charge in [0.2, 0.25) is 5.91 Å². The maximum atomic E-state index is 12.2. The van der Waals surface area contributed by atoms with Crippen LogP contribution in [-0.2, 0) is 16.6 Å². The van der Waals surface area contributed by atoms with Crippen molar-refractivity contribution in [3.8, 4) is 0 Å². The Bertz CT molecular complexity index is 678. The number of amides is 1. The molecule has 0 aliphatic rings. The highest BCUT2D eigenvalue weighted by atomic mass is 16.1. The highest BCUT2D eigenvalue weighted by Gasteiger charge is 2.13. The molecule has 2 nitrogen and oxygen atoms in total. The van der Waals surface area contributed by atoms with Crippen molar-refractivity contribution in [3.63, 3.8) is 0 Å². The second-order valence-corrected chi connectivity index (χ2v) is 7.24. The van der Waals surface area contributed by atoms with Gasteiger partial charge in [-0.05, 0) is 54.0 Å². The molecule has 0 unspecified atom stereocenters. The number of hydrogen-bond donors (Lipinski definition) is 1. The monoisotopic (exact) mass is 309 g/mol. The van der Waals surface area contributed by atoms with Gasteiger partial charge in [0.25, 0.3) is 0 Å². The fourth-order valence-corrected chi connectivity index (χ4v) is 2.53. The highest BCUT2D eigenvalue weighted by Crippen LogP contribution is 2.22. The normalized spacial score (nSPS) is 11.3. The van der Waals surface area contributed by atoms with Crippen molar-refractivity contribution in [1.82, 2.24) is 0 Å². The Balaban J connectivity index is 1.93. The Morgan fingerprint density at radius 1 is 1.00 bits per heavy atom. The summed E-state index contributed by atoms with van der Waals surface area (Å²) < 4.78 is 0. The number of anilines is 1. The van der Waals surface area contributed by atoms with Gasteiger partial charge in [0.15, 0.2) is 0 Å². The van der Waals surface area contributed by atoms with Gasteiger partial charge in [0, 0.05) is 12.1 Å². The summed E-state index contributed by atoms with van der Waals surface area (Å²) in [6.45, 7) is 10.7. The van der Waals surface area contributed by atoms with E-state index in [0.29, 0.717) is 6.42 Å². The van der Waals surface area contributed by atoms with E-state index in [1.54, 1.807) is 0 Å². The van der Waals surface area contributed by atoms with E-state index in [2.05, 4.69) is 63.3 Å². The van der Waals surface area contributed by atoms with Gasteiger partial charge in [-0.1, -0.05) is 57.2 Å². The molecule has 0 saturated heterocycles. The van der Waals surface area contributed by atoms with E-state index < -0.39 is 0 Å². The average molecular weight is 309 g/mol. The van der Waals surface area contributed by atoms with E-state index in [-0.39, 0.29) is 11.3 Å². The maximum Gasteiger partial charge on any atom is 0.224 e. The Morgan fingerprint density at radius 2 is 1.65 bits per heavy atom. The lowest BCUT2D eigenvalue weighted by Gasteiger charge is -2.19. The summed E-state index contributed by atoms with van der Waals surface area (Å²) in [6.07, 6.45) is 1.27. The van der Waals surface area contributed by atoms with Gasteiger partial charge < -0.3 is 5.32 Å². The molecular weight excluding hydrogens is 282 g/mol. The Kier molecular flexibility index (Phi) is 5.25. The Labute approximate surface area is 139 Å². The first-order valence-corrected chi connectivity index (χ1v) is 8.23. The summed E-state index contributed by atoms with van der Waals surface area (Å²) in [5, 5.41) is 3.02. The first-order valence-electron chi connectivity index (χ1n) is 8.23. The zero-order valence-electron chi connectivity index (χ0n) is 14.9. The summed E-state index contributed by atoms with van der Waals surface area (Å²) in [5.74, 6) is 0.0681. The van der Waals surface area contributed by atoms with Crippen LogP contribution < -0.4 is 5.32 Å². The van der Waals surface area contributed by atoms with Crippen LogP contribution in [0.1, 0.15) is 49.4 Å². The van der Waals surface area contributed by atoms with Crippen molar-refractivity contribution in [1.29, 1.82) is 0 Å². The molecule has 0 spiro atoms. The lowest BCUT2D eigenvalue weighted by atomic mass is 9.86. The van der Waals surface area contributed by atoms with E-state index in [0.717, 1.165) is 17.7 Å². The maximum absolute atomic E-state index is 12.2. The van der Waals surface area contributed by atoms with E-state index >= 15 is 0 Å². The van der Waals surface area contributed by atoms with Gasteiger partial charge in [-0.2, -0.15) is 0 Å². The smallest absolute Gasteiger partial charge is 0.224 e. The van der Waals surface area contributed by atoms with E-state index in [9.17, 15) is 4.79 Å². The van der Waals surface area contributed by atoms with Crippen LogP contribution in [0.2, 0.25) is 0 Å². The molecule has 2 rings (SSSR count). The van der Waals surface area contributed by atoms with Crippen LogP contribution >= 0.6 is 0 Å². The van der Waals surface area contributed by atoms with Crippen molar-refractivity contribution in [2.45, 2.75) is 52.9 Å². The van der Waals surface area contributed by atoms with Crippen molar-refractivity contribution in [3.05, 3.63) is 64.7 Å². The first-order chi connectivity index (χ1) is 10.8. The van der Waals surface area contributed by atoms with Crippen LogP contribution in [0.3, 0.4) is 0 Å². The van der Waals surface area contributed by atoms with E-state index in [4.69, 9.17) is 0 Å². The molecule has 2 aromatic rings. The minimum absolute atomic E-state index is 0.0681. The third-order valence-corrected chi connectivity index (χ3v) is 4.34. The predicted molar refractivity (Wildman–Crippen MR) is 98.0 cm³/mol. The number of benzene rings is 2. The molecule has 0 aromatic heterocycles. The first kappa shape index (κ1) is 17.3. The lowest BCUT2D eigenvalue weighted by molar-refractivity contribution is -0.116. The molecular formula is C21H27NO. The van der Waals surface area contributed by atoms with Gasteiger partial charge in [0.05, 0.1) is 0 Å². The van der Waals surface area contributed by atoms with Gasteiger partial charge in [-0.3, -0.25) is 4.79 Å². The van der Waals surface area contributed by atoms with Crippen molar-refractivity contribution >= 4 is 11.6 Å². The van der Waals surface area contributed by atoms with Gasteiger partial charge in [0.1, 0.15) is 0 Å². The minimum Gasteiger partial charge on any atom is -0.326 e. The van der Waals surface area contributed by atoms with Crippen LogP contribution in [0.15, 0.2) is 42.5 Å². The molecule has 122 valence electrons. The third kappa shape index (κ3) is 4.69. The van der Waals surface area contributed by atoms with Crippen LogP contribution in [-0.4, -0.2) is 5.91 Å². The second kappa shape index (κ2) is 6.99. The fraction of sp³-hybridized carbons (Fsp3) is 0.381. The summed E-state index contributed by atoms with van der Waals surface area (Å²) in [4.78, 5) is 12.2. The zero-order chi connectivity index (χ0) is 17.0. The lowest BCUT2D eigenvalue weighted by Crippen LogP contribution is -2.14. The summed E-state index contributed by atoms with van der Waals surface area (Å²) >= 11 is 0. The highest BCUT2D eigenvalue weighted by molar-refractivity contribution is 5.91. The average Bonchev–Trinajstić information content (AvgIpc) is 2.49. The topological polar surface area (TPSA) is 29.1 Å². The SMILES string of the molecule is Cc1cccc(NC(=O)CCc2ccc(C(C)(C)C)cc2)c1C. The number of hydrogen-bond acceptors (Lipinski definition) is 1. The number of rotatable bonds is 4. The molecule has 0 aliphatic heterocycles. The molecule has 0 atom stereocenters. The van der Waals surface area contributed by atoms with Gasteiger partial charge >= 0.3 is 0 Å². The molecule has 0 bridgehead atoms. The number of aryl methyl sites for hydroxylation is 2. The van der Waals surface area contributed by atoms with Crippen LogP contribution in [0.5, 0.6) is 0 Å². The van der Waals surface area contributed by atoms with E-state index in [1.807, 2.05) is 19.1 Å². The second-order valence-electron chi connectivity index (χ2n) is 7.24. The molecule has 0 saturated carbocycles. The standard InChI is InChI=1S/C21H27NO/c1-15-7-6-8-19(16(15)2)22-20(23)14-11-17-9-12-18(13-10-17)21(3,4)5/h6-10,12-13H,11,14H2,1-5H3,(H,22,23). The molecule has 23 heavy (non-hydrogen) atoms. The Hall–Kier alpha value is -2.09.